The molecule has 3 nitrogen and oxygen atoms in total. The number of carboxylic acid groups (broad SMARTS) is 1. The van der Waals surface area contributed by atoms with Crippen LogP contribution in [0.25, 0.3) is 0 Å². The Labute approximate surface area is 121 Å². The average molecular weight is 275 g/mol. The Kier molecular flexibility index (Phi) is 4.36. The van der Waals surface area contributed by atoms with E-state index in [0.717, 1.165) is 18.5 Å². The van der Waals surface area contributed by atoms with Gasteiger partial charge in [0, 0.05) is 11.7 Å². The Balaban J connectivity index is 2.29. The highest BCUT2D eigenvalue weighted by molar-refractivity contribution is 5.94. The Morgan fingerprint density at radius 2 is 1.85 bits per heavy atom. The van der Waals surface area contributed by atoms with Gasteiger partial charge >= 0.3 is 5.97 Å². The quantitative estimate of drug-likeness (QED) is 0.858. The number of aromatic carboxylic acids is 1. The van der Waals surface area contributed by atoms with E-state index in [0.29, 0.717) is 11.6 Å². The summed E-state index contributed by atoms with van der Waals surface area (Å²) < 4.78 is 0. The monoisotopic (exact) mass is 275 g/mol. The van der Waals surface area contributed by atoms with Gasteiger partial charge in [0.25, 0.3) is 0 Å². The van der Waals surface area contributed by atoms with Crippen molar-refractivity contribution in [2.24, 2.45) is 0 Å². The number of anilines is 1. The van der Waals surface area contributed by atoms with Gasteiger partial charge in [-0.2, -0.15) is 0 Å². The van der Waals surface area contributed by atoms with Crippen LogP contribution in [0.2, 0.25) is 0 Å². The van der Waals surface area contributed by atoms with Crippen LogP contribution in [-0.2, 0) is 5.41 Å². The number of carboxylic acids is 1. The van der Waals surface area contributed by atoms with Gasteiger partial charge in [-0.15, -0.1) is 0 Å². The molecule has 0 amide bonds. The van der Waals surface area contributed by atoms with E-state index >= 15 is 0 Å². The number of carbonyl (C=O) groups is 1. The highest BCUT2D eigenvalue weighted by atomic mass is 16.4. The van der Waals surface area contributed by atoms with E-state index in [-0.39, 0.29) is 5.41 Å². The molecule has 1 fully saturated rings. The normalized spacial score (nSPS) is 16.9. The molecule has 0 unspecified atom stereocenters. The van der Waals surface area contributed by atoms with Crippen molar-refractivity contribution in [3.8, 4) is 0 Å². The van der Waals surface area contributed by atoms with Crippen LogP contribution in [0.1, 0.15) is 68.8 Å². The standard InChI is InChI=1S/C17H25NO2/c1-17(2,3)12-9-10-14(16(19)20)15(11-12)18-13-7-5-4-6-8-13/h9-11,13,18H,4-8H2,1-3H3,(H,19,20). The largest absolute Gasteiger partial charge is 0.478 e. The molecule has 0 bridgehead atoms. The molecule has 2 rings (SSSR count). The van der Waals surface area contributed by atoms with Crippen LogP contribution in [-0.4, -0.2) is 17.1 Å². The van der Waals surface area contributed by atoms with Crippen molar-refractivity contribution >= 4 is 11.7 Å². The highest BCUT2D eigenvalue weighted by Gasteiger charge is 2.20. The predicted octanol–water partition coefficient (Wildman–Crippen LogP) is 4.43. The van der Waals surface area contributed by atoms with E-state index in [1.165, 1.54) is 24.8 Å². The first-order chi connectivity index (χ1) is 9.38. The maximum atomic E-state index is 11.4. The van der Waals surface area contributed by atoms with E-state index in [9.17, 15) is 9.90 Å². The maximum absolute atomic E-state index is 11.4. The topological polar surface area (TPSA) is 49.3 Å². The Bertz CT molecular complexity index is 482. The average Bonchev–Trinajstić information content (AvgIpc) is 2.38. The molecule has 1 aromatic carbocycles. The molecular formula is C17H25NO2. The van der Waals surface area contributed by atoms with Crippen LogP contribution in [0, 0.1) is 0 Å². The van der Waals surface area contributed by atoms with E-state index in [1.807, 2.05) is 12.1 Å². The molecule has 110 valence electrons. The second kappa shape index (κ2) is 5.86. The molecule has 1 aromatic rings. The minimum atomic E-state index is -0.858. The fourth-order valence-corrected chi connectivity index (χ4v) is 2.78. The van der Waals surface area contributed by atoms with Crippen LogP contribution in [0.5, 0.6) is 0 Å². The van der Waals surface area contributed by atoms with Crippen LogP contribution >= 0.6 is 0 Å². The summed E-state index contributed by atoms with van der Waals surface area (Å²) in [5, 5.41) is 12.8. The molecule has 0 spiro atoms. The van der Waals surface area contributed by atoms with Gasteiger partial charge in [0.15, 0.2) is 0 Å². The fraction of sp³-hybridized carbons (Fsp3) is 0.588. The number of nitrogens with one attached hydrogen (secondary N) is 1. The summed E-state index contributed by atoms with van der Waals surface area (Å²) in [4.78, 5) is 11.4. The Morgan fingerprint density at radius 3 is 2.40 bits per heavy atom. The Hall–Kier alpha value is -1.51. The van der Waals surface area contributed by atoms with Gasteiger partial charge in [0.05, 0.1) is 5.56 Å². The molecular weight excluding hydrogens is 250 g/mol. The van der Waals surface area contributed by atoms with Crippen molar-refractivity contribution in [2.45, 2.75) is 64.3 Å². The van der Waals surface area contributed by atoms with E-state index < -0.39 is 5.97 Å². The van der Waals surface area contributed by atoms with Crippen molar-refractivity contribution in [2.75, 3.05) is 5.32 Å². The first-order valence-electron chi connectivity index (χ1n) is 7.52. The molecule has 1 saturated carbocycles. The first-order valence-corrected chi connectivity index (χ1v) is 7.52. The lowest BCUT2D eigenvalue weighted by atomic mass is 9.86. The molecule has 0 aromatic heterocycles. The predicted molar refractivity (Wildman–Crippen MR) is 82.6 cm³/mol. The summed E-state index contributed by atoms with van der Waals surface area (Å²) in [6.45, 7) is 6.44. The summed E-state index contributed by atoms with van der Waals surface area (Å²) in [5.41, 5.74) is 2.35. The molecule has 1 aliphatic carbocycles. The molecule has 3 heteroatoms. The second-order valence-electron chi connectivity index (χ2n) is 6.79. The summed E-state index contributed by atoms with van der Waals surface area (Å²) >= 11 is 0. The van der Waals surface area contributed by atoms with E-state index in [4.69, 9.17) is 0 Å². The molecule has 0 radical (unpaired) electrons. The summed E-state index contributed by atoms with van der Waals surface area (Å²) in [6, 6.07) is 6.08. The maximum Gasteiger partial charge on any atom is 0.337 e. The lowest BCUT2D eigenvalue weighted by molar-refractivity contribution is 0.0698. The molecule has 2 N–H and O–H groups in total. The zero-order valence-corrected chi connectivity index (χ0v) is 12.7. The highest BCUT2D eigenvalue weighted by Crippen LogP contribution is 2.29. The van der Waals surface area contributed by atoms with Gasteiger partial charge in [-0.1, -0.05) is 46.1 Å². The molecule has 0 saturated heterocycles. The Morgan fingerprint density at radius 1 is 1.20 bits per heavy atom. The van der Waals surface area contributed by atoms with Crippen molar-refractivity contribution in [1.29, 1.82) is 0 Å². The van der Waals surface area contributed by atoms with Crippen LogP contribution < -0.4 is 5.32 Å². The number of rotatable bonds is 3. The van der Waals surface area contributed by atoms with E-state index in [1.54, 1.807) is 6.07 Å². The summed E-state index contributed by atoms with van der Waals surface area (Å²) in [6.07, 6.45) is 6.04. The molecule has 0 aliphatic heterocycles. The molecule has 20 heavy (non-hydrogen) atoms. The smallest absolute Gasteiger partial charge is 0.337 e. The van der Waals surface area contributed by atoms with Crippen molar-refractivity contribution in [1.82, 2.24) is 0 Å². The number of hydrogen-bond acceptors (Lipinski definition) is 2. The van der Waals surface area contributed by atoms with Crippen molar-refractivity contribution < 1.29 is 9.90 Å². The van der Waals surface area contributed by atoms with Gasteiger partial charge in [-0.25, -0.2) is 4.79 Å². The zero-order chi connectivity index (χ0) is 14.8. The van der Waals surface area contributed by atoms with Gasteiger partial charge < -0.3 is 10.4 Å². The van der Waals surface area contributed by atoms with Gasteiger partial charge in [0.1, 0.15) is 0 Å². The van der Waals surface area contributed by atoms with Crippen LogP contribution in [0.3, 0.4) is 0 Å². The molecule has 1 aliphatic rings. The summed E-state index contributed by atoms with van der Waals surface area (Å²) in [7, 11) is 0. The number of hydrogen-bond donors (Lipinski definition) is 2. The number of benzene rings is 1. The first kappa shape index (κ1) is 14.9. The van der Waals surface area contributed by atoms with Crippen LogP contribution in [0.15, 0.2) is 18.2 Å². The van der Waals surface area contributed by atoms with Crippen molar-refractivity contribution in [3.63, 3.8) is 0 Å². The van der Waals surface area contributed by atoms with Crippen LogP contribution in [0.4, 0.5) is 5.69 Å². The lowest BCUT2D eigenvalue weighted by Gasteiger charge is -2.26. The fourth-order valence-electron chi connectivity index (χ4n) is 2.78. The third-order valence-corrected chi connectivity index (χ3v) is 4.08. The third-order valence-electron chi connectivity index (χ3n) is 4.08. The van der Waals surface area contributed by atoms with Crippen molar-refractivity contribution in [3.05, 3.63) is 29.3 Å². The van der Waals surface area contributed by atoms with Gasteiger partial charge in [-0.3, -0.25) is 0 Å². The second-order valence-corrected chi connectivity index (χ2v) is 6.79. The van der Waals surface area contributed by atoms with E-state index in [2.05, 4.69) is 26.1 Å². The summed E-state index contributed by atoms with van der Waals surface area (Å²) in [5.74, 6) is -0.858. The molecule has 0 heterocycles. The lowest BCUT2D eigenvalue weighted by Crippen LogP contribution is -2.24. The third kappa shape index (κ3) is 3.53. The minimum Gasteiger partial charge on any atom is -0.478 e. The SMILES string of the molecule is CC(C)(C)c1ccc(C(=O)O)c(NC2CCCCC2)c1. The zero-order valence-electron chi connectivity index (χ0n) is 12.7. The van der Waals surface area contributed by atoms with Gasteiger partial charge in [0.2, 0.25) is 0 Å². The minimum absolute atomic E-state index is 0.0278. The molecule has 0 atom stereocenters. The van der Waals surface area contributed by atoms with Gasteiger partial charge in [-0.05, 0) is 36.0 Å².